The molecule has 0 unspecified atom stereocenters. The van der Waals surface area contributed by atoms with Crippen molar-refractivity contribution in [3.8, 4) is 22.3 Å². The molecule has 0 saturated carbocycles. The molecule has 0 fully saturated rings. The summed E-state index contributed by atoms with van der Waals surface area (Å²) in [5.41, 5.74) is 7.61. The summed E-state index contributed by atoms with van der Waals surface area (Å²) in [6.07, 6.45) is -1.22. The van der Waals surface area contributed by atoms with Crippen LogP contribution in [0.3, 0.4) is 0 Å². The van der Waals surface area contributed by atoms with Crippen LogP contribution in [-0.2, 0) is 0 Å². The second-order valence-corrected chi connectivity index (χ2v) is 14.2. The minimum Gasteiger partial charge on any atom is -0.478 e. The Hall–Kier alpha value is -5.43. The molecule has 0 amide bonds. The fourth-order valence-corrected chi connectivity index (χ4v) is 6.41. The summed E-state index contributed by atoms with van der Waals surface area (Å²) in [7, 11) is 0. The van der Waals surface area contributed by atoms with E-state index in [1.54, 1.807) is 60.7 Å². The third-order valence-electron chi connectivity index (χ3n) is 9.01. The highest BCUT2D eigenvalue weighted by Gasteiger charge is 2.10. The number of anilines is 2. The number of rotatable bonds is 18. The molecule has 0 radical (unpaired) electrons. The van der Waals surface area contributed by atoms with Crippen molar-refractivity contribution in [1.82, 2.24) is 10.6 Å². The van der Waals surface area contributed by atoms with E-state index in [1.165, 1.54) is 0 Å². The molecule has 0 aliphatic rings. The Kier molecular flexibility index (Phi) is 18.7. The summed E-state index contributed by atoms with van der Waals surface area (Å²) in [4.78, 5) is 22.3. The van der Waals surface area contributed by atoms with E-state index in [9.17, 15) is 19.8 Å². The quantitative estimate of drug-likeness (QED) is 0.0391. The van der Waals surface area contributed by atoms with Crippen LogP contribution in [0.15, 0.2) is 146 Å². The lowest BCUT2D eigenvalue weighted by atomic mass is 10.0. The first-order valence-electron chi connectivity index (χ1n) is 18.7. The SMILES string of the molecule is Cl.O=C(O)c1cccc(-c2cccc(NCCNC[C@H](O)c3cccc(Cl)c3)c2)c1.O=C(O)c1cccc(-c2cccc(NCCNC[C@H](O)c3cccc(Cl)c3)c2)c1. The molecule has 308 valence electrons. The molecule has 0 saturated heterocycles. The molecule has 6 aromatic rings. The summed E-state index contributed by atoms with van der Waals surface area (Å²) in [6, 6.07) is 43.9. The monoisotopic (exact) mass is 856 g/mol. The Morgan fingerprint density at radius 3 is 1.20 bits per heavy atom. The molecule has 6 aromatic carbocycles. The van der Waals surface area contributed by atoms with Crippen molar-refractivity contribution in [2.24, 2.45) is 0 Å². The molecule has 59 heavy (non-hydrogen) atoms. The van der Waals surface area contributed by atoms with Gasteiger partial charge in [0.25, 0.3) is 0 Å². The molecule has 2 atom stereocenters. The number of aromatic carboxylic acids is 2. The van der Waals surface area contributed by atoms with E-state index in [1.807, 2.05) is 84.9 Å². The van der Waals surface area contributed by atoms with Gasteiger partial charge in [-0.2, -0.15) is 0 Å². The van der Waals surface area contributed by atoms with Crippen LogP contribution in [0, 0.1) is 0 Å². The van der Waals surface area contributed by atoms with Gasteiger partial charge in [-0.25, -0.2) is 9.59 Å². The number of carboxylic acids is 2. The van der Waals surface area contributed by atoms with E-state index in [2.05, 4.69) is 21.3 Å². The molecule has 0 bridgehead atoms. The maximum atomic E-state index is 11.2. The second-order valence-electron chi connectivity index (χ2n) is 13.3. The van der Waals surface area contributed by atoms with Crippen molar-refractivity contribution in [2.75, 3.05) is 49.9 Å². The van der Waals surface area contributed by atoms with Gasteiger partial charge in [0.05, 0.1) is 23.3 Å². The van der Waals surface area contributed by atoms with Crippen LogP contribution in [0.5, 0.6) is 0 Å². The number of aliphatic hydroxyl groups is 2. The summed E-state index contributed by atoms with van der Waals surface area (Å²) in [6.45, 7) is 3.59. The van der Waals surface area contributed by atoms with Gasteiger partial charge in [0, 0.05) is 60.7 Å². The van der Waals surface area contributed by atoms with Crippen molar-refractivity contribution >= 4 is 58.9 Å². The van der Waals surface area contributed by atoms with Gasteiger partial charge in [0.15, 0.2) is 0 Å². The van der Waals surface area contributed by atoms with Crippen LogP contribution in [0.1, 0.15) is 44.1 Å². The Bertz CT molecular complexity index is 2120. The molecule has 0 aliphatic carbocycles. The molecule has 0 aromatic heterocycles. The first kappa shape index (κ1) is 46.3. The number of carbonyl (C=O) groups is 2. The van der Waals surface area contributed by atoms with Crippen LogP contribution in [-0.4, -0.2) is 71.6 Å². The molecule has 13 heteroatoms. The van der Waals surface area contributed by atoms with Gasteiger partial charge in [-0.3, -0.25) is 0 Å². The Morgan fingerprint density at radius 2 is 0.831 bits per heavy atom. The van der Waals surface area contributed by atoms with Crippen LogP contribution in [0.2, 0.25) is 10.0 Å². The van der Waals surface area contributed by atoms with E-state index in [0.29, 0.717) is 49.3 Å². The van der Waals surface area contributed by atoms with Gasteiger partial charge in [-0.1, -0.05) is 96.0 Å². The highest BCUT2D eigenvalue weighted by Crippen LogP contribution is 2.25. The van der Waals surface area contributed by atoms with Crippen molar-refractivity contribution in [3.63, 3.8) is 0 Å². The van der Waals surface area contributed by atoms with Gasteiger partial charge in [-0.05, 0) is 106 Å². The lowest BCUT2D eigenvalue weighted by molar-refractivity contribution is 0.0686. The number of carboxylic acid groups (broad SMARTS) is 2. The summed E-state index contributed by atoms with van der Waals surface area (Å²) in [5.74, 6) is -1.88. The summed E-state index contributed by atoms with van der Waals surface area (Å²) >= 11 is 11.9. The summed E-state index contributed by atoms with van der Waals surface area (Å²) in [5, 5.41) is 53.0. The standard InChI is InChI=1S/2C23H23ClN2O3.ClH/c2*24-20-8-2-6-18(13-20)22(27)15-25-10-11-26-21-9-3-5-17(14-21)16-4-1-7-19(12-16)23(28)29;/h2*1-9,12-14,22,25-27H,10-11,15H2,(H,28,29);1H/t2*22-;/m00./s1. The number of halogens is 3. The number of hydrogen-bond acceptors (Lipinski definition) is 8. The van der Waals surface area contributed by atoms with Crippen molar-refractivity contribution in [1.29, 1.82) is 0 Å². The maximum Gasteiger partial charge on any atom is 0.335 e. The van der Waals surface area contributed by atoms with Gasteiger partial charge in [0.1, 0.15) is 0 Å². The second kappa shape index (κ2) is 23.8. The predicted octanol–water partition coefficient (Wildman–Crippen LogP) is 9.30. The van der Waals surface area contributed by atoms with E-state index >= 15 is 0 Å². The highest BCUT2D eigenvalue weighted by molar-refractivity contribution is 6.30. The predicted molar refractivity (Wildman–Crippen MR) is 240 cm³/mol. The third kappa shape index (κ3) is 15.0. The van der Waals surface area contributed by atoms with Gasteiger partial charge >= 0.3 is 11.9 Å². The number of benzene rings is 6. The zero-order valence-electron chi connectivity index (χ0n) is 32.0. The minimum absolute atomic E-state index is 0. The lowest BCUT2D eigenvalue weighted by Gasteiger charge is -2.13. The smallest absolute Gasteiger partial charge is 0.335 e. The fraction of sp³-hybridized carbons (Fsp3) is 0.174. The first-order chi connectivity index (χ1) is 28.0. The largest absolute Gasteiger partial charge is 0.478 e. The Balaban J connectivity index is 0.000000256. The minimum atomic E-state index is -0.938. The van der Waals surface area contributed by atoms with Crippen molar-refractivity contribution < 1.29 is 30.0 Å². The van der Waals surface area contributed by atoms with Crippen LogP contribution in [0.4, 0.5) is 11.4 Å². The molecule has 0 heterocycles. The third-order valence-corrected chi connectivity index (χ3v) is 9.49. The molecule has 0 aliphatic heterocycles. The number of aliphatic hydroxyl groups excluding tert-OH is 2. The fourth-order valence-electron chi connectivity index (χ4n) is 6.01. The summed E-state index contributed by atoms with van der Waals surface area (Å²) < 4.78 is 0. The van der Waals surface area contributed by atoms with E-state index in [0.717, 1.165) is 44.8 Å². The maximum absolute atomic E-state index is 11.2. The van der Waals surface area contributed by atoms with Crippen LogP contribution < -0.4 is 21.3 Å². The van der Waals surface area contributed by atoms with E-state index < -0.39 is 24.1 Å². The number of nitrogens with one attached hydrogen (secondary N) is 4. The Labute approximate surface area is 360 Å². The normalized spacial score (nSPS) is 11.6. The first-order valence-corrected chi connectivity index (χ1v) is 19.4. The van der Waals surface area contributed by atoms with Crippen molar-refractivity contribution in [3.05, 3.63) is 178 Å². The molecule has 10 nitrogen and oxygen atoms in total. The molecular weight excluding hydrogens is 811 g/mol. The van der Waals surface area contributed by atoms with Crippen molar-refractivity contribution in [2.45, 2.75) is 12.2 Å². The topological polar surface area (TPSA) is 163 Å². The molecule has 0 spiro atoms. The van der Waals surface area contributed by atoms with E-state index in [4.69, 9.17) is 33.4 Å². The lowest BCUT2D eigenvalue weighted by Crippen LogP contribution is -2.26. The average molecular weight is 858 g/mol. The van der Waals surface area contributed by atoms with E-state index in [-0.39, 0.29) is 23.5 Å². The zero-order valence-corrected chi connectivity index (χ0v) is 34.4. The van der Waals surface area contributed by atoms with Gasteiger partial charge in [0.2, 0.25) is 0 Å². The Morgan fingerprint density at radius 1 is 0.475 bits per heavy atom. The van der Waals surface area contributed by atoms with Gasteiger partial charge in [-0.15, -0.1) is 12.4 Å². The highest BCUT2D eigenvalue weighted by atomic mass is 35.5. The molecular formula is C46H47Cl3N4O6. The molecule has 6 rings (SSSR count). The molecule has 8 N–H and O–H groups in total. The van der Waals surface area contributed by atoms with Gasteiger partial charge < -0.3 is 41.7 Å². The average Bonchev–Trinajstić information content (AvgIpc) is 3.24. The zero-order chi connectivity index (χ0) is 41.3. The van der Waals surface area contributed by atoms with Crippen LogP contribution in [0.25, 0.3) is 22.3 Å². The van der Waals surface area contributed by atoms with Crippen LogP contribution >= 0.6 is 35.6 Å². The number of hydrogen-bond donors (Lipinski definition) is 8.